The molecule has 0 atom stereocenters. The minimum absolute atomic E-state index is 0.000184. The minimum Gasteiger partial charge on any atom is -0.325 e. The molecule has 2 N–H and O–H groups in total. The van der Waals surface area contributed by atoms with Gasteiger partial charge >= 0.3 is 0 Å². The number of aromatic amines is 1. The highest BCUT2D eigenvalue weighted by Crippen LogP contribution is 2.28. The third-order valence-corrected chi connectivity index (χ3v) is 4.85. The van der Waals surface area contributed by atoms with Crippen LogP contribution in [0.1, 0.15) is 0 Å². The molecule has 1 heterocycles. The smallest absolute Gasteiger partial charge is 0.289 e. The van der Waals surface area contributed by atoms with Crippen molar-refractivity contribution >= 4 is 52.2 Å². The highest BCUT2D eigenvalue weighted by molar-refractivity contribution is 7.99. The maximum Gasteiger partial charge on any atom is 0.289 e. The van der Waals surface area contributed by atoms with Gasteiger partial charge in [0.05, 0.1) is 15.7 Å². The fraction of sp³-hybridized carbons (Fsp3) is 0.0625. The minimum atomic E-state index is -0.614. The van der Waals surface area contributed by atoms with E-state index in [1.54, 1.807) is 12.1 Å². The maximum atomic E-state index is 12.1. The SMILES string of the molecule is O=C(CSc1n[nH]c(-c2ccccc2Cl)n1)Nc1ccc(Cl)c([N+](=O)[O-])c1. The summed E-state index contributed by atoms with van der Waals surface area (Å²) in [7, 11) is 0. The quantitative estimate of drug-likeness (QED) is 0.344. The maximum absolute atomic E-state index is 12.1. The van der Waals surface area contributed by atoms with Gasteiger partial charge in [-0.05, 0) is 24.3 Å². The zero-order valence-corrected chi connectivity index (χ0v) is 15.8. The topological polar surface area (TPSA) is 114 Å². The van der Waals surface area contributed by atoms with Crippen molar-refractivity contribution in [1.82, 2.24) is 15.2 Å². The average molecular weight is 424 g/mol. The number of amides is 1. The van der Waals surface area contributed by atoms with E-state index in [1.807, 2.05) is 12.1 Å². The summed E-state index contributed by atoms with van der Waals surface area (Å²) in [4.78, 5) is 26.6. The summed E-state index contributed by atoms with van der Waals surface area (Å²) in [6.07, 6.45) is 0. The Morgan fingerprint density at radius 2 is 2.00 bits per heavy atom. The van der Waals surface area contributed by atoms with Crippen molar-refractivity contribution in [2.45, 2.75) is 5.16 Å². The molecule has 0 aliphatic heterocycles. The molecule has 0 aliphatic carbocycles. The van der Waals surface area contributed by atoms with Crippen LogP contribution in [0.25, 0.3) is 11.4 Å². The molecular weight excluding hydrogens is 413 g/mol. The Bertz CT molecular complexity index is 1010. The molecule has 1 amide bonds. The number of hydrogen-bond donors (Lipinski definition) is 2. The lowest BCUT2D eigenvalue weighted by Crippen LogP contribution is -2.14. The van der Waals surface area contributed by atoms with Gasteiger partial charge in [0, 0.05) is 17.3 Å². The van der Waals surface area contributed by atoms with Gasteiger partial charge in [-0.25, -0.2) is 4.98 Å². The standard InChI is InChI=1S/C16H11Cl2N5O3S/c17-11-4-2-1-3-10(11)15-20-16(22-21-15)27-8-14(24)19-9-5-6-12(18)13(7-9)23(25)26/h1-7H,8H2,(H,19,24)(H,20,21,22). The summed E-state index contributed by atoms with van der Waals surface area (Å²) in [6, 6.07) is 11.2. The van der Waals surface area contributed by atoms with Gasteiger partial charge in [0.1, 0.15) is 5.02 Å². The van der Waals surface area contributed by atoms with E-state index in [4.69, 9.17) is 23.2 Å². The summed E-state index contributed by atoms with van der Waals surface area (Å²) in [5.41, 5.74) is 0.709. The first-order valence-electron chi connectivity index (χ1n) is 7.48. The van der Waals surface area contributed by atoms with Gasteiger partial charge in [0.25, 0.3) is 5.69 Å². The number of anilines is 1. The number of carbonyl (C=O) groups is 1. The molecule has 0 spiro atoms. The van der Waals surface area contributed by atoms with E-state index in [1.165, 1.54) is 18.2 Å². The van der Waals surface area contributed by atoms with Crippen LogP contribution in [0.2, 0.25) is 10.0 Å². The van der Waals surface area contributed by atoms with E-state index in [2.05, 4.69) is 20.5 Å². The number of rotatable bonds is 6. The zero-order valence-electron chi connectivity index (χ0n) is 13.5. The molecule has 0 fully saturated rings. The number of thioether (sulfide) groups is 1. The summed E-state index contributed by atoms with van der Waals surface area (Å²) >= 11 is 13.0. The third kappa shape index (κ3) is 4.76. The molecule has 2 aromatic carbocycles. The van der Waals surface area contributed by atoms with Crippen LogP contribution < -0.4 is 5.32 Å². The lowest BCUT2D eigenvalue weighted by molar-refractivity contribution is -0.384. The average Bonchev–Trinajstić information content (AvgIpc) is 3.10. The van der Waals surface area contributed by atoms with Crippen molar-refractivity contribution in [1.29, 1.82) is 0 Å². The molecule has 0 radical (unpaired) electrons. The predicted octanol–water partition coefficient (Wildman–Crippen LogP) is 4.42. The van der Waals surface area contributed by atoms with Crippen molar-refractivity contribution in [3.63, 3.8) is 0 Å². The number of nitrogens with zero attached hydrogens (tertiary/aromatic N) is 3. The second-order valence-corrected chi connectivity index (χ2v) is 6.96. The fourth-order valence-electron chi connectivity index (χ4n) is 2.14. The highest BCUT2D eigenvalue weighted by Gasteiger charge is 2.15. The van der Waals surface area contributed by atoms with Crippen LogP contribution in [0.15, 0.2) is 47.6 Å². The summed E-state index contributed by atoms with van der Waals surface area (Å²) in [5.74, 6) is 0.161. The molecule has 1 aromatic heterocycles. The largest absolute Gasteiger partial charge is 0.325 e. The van der Waals surface area contributed by atoms with Gasteiger partial charge in [0.2, 0.25) is 11.1 Å². The molecule has 11 heteroatoms. The molecular formula is C16H11Cl2N5O3S. The number of halogens is 2. The van der Waals surface area contributed by atoms with Gasteiger partial charge < -0.3 is 5.32 Å². The number of benzene rings is 2. The second kappa shape index (κ2) is 8.38. The van der Waals surface area contributed by atoms with Gasteiger partial charge in [-0.15, -0.1) is 5.10 Å². The highest BCUT2D eigenvalue weighted by atomic mass is 35.5. The lowest BCUT2D eigenvalue weighted by Gasteiger charge is -2.04. The number of nitro groups is 1. The molecule has 0 saturated heterocycles. The number of hydrogen-bond acceptors (Lipinski definition) is 6. The van der Waals surface area contributed by atoms with Crippen LogP contribution in [0.3, 0.4) is 0 Å². The summed E-state index contributed by atoms with van der Waals surface area (Å²) < 4.78 is 0. The Labute approximate surface area is 167 Å². The number of nitrogens with one attached hydrogen (secondary N) is 2. The Kier molecular flexibility index (Phi) is 5.94. The number of aromatic nitrogens is 3. The first kappa shape index (κ1) is 19.2. The molecule has 0 unspecified atom stereocenters. The summed E-state index contributed by atoms with van der Waals surface area (Å²) in [5, 5.41) is 21.2. The van der Waals surface area contributed by atoms with Crippen molar-refractivity contribution in [3.8, 4) is 11.4 Å². The molecule has 0 aliphatic rings. The van der Waals surface area contributed by atoms with Crippen LogP contribution in [0.4, 0.5) is 11.4 Å². The fourth-order valence-corrected chi connectivity index (χ4v) is 3.15. The third-order valence-electron chi connectivity index (χ3n) is 3.35. The lowest BCUT2D eigenvalue weighted by atomic mass is 10.2. The number of H-pyrrole nitrogens is 1. The predicted molar refractivity (Wildman–Crippen MR) is 104 cm³/mol. The number of nitro benzene ring substituents is 1. The van der Waals surface area contributed by atoms with Crippen molar-refractivity contribution in [2.24, 2.45) is 0 Å². The van der Waals surface area contributed by atoms with Crippen LogP contribution in [-0.2, 0) is 4.79 Å². The number of carbonyl (C=O) groups excluding carboxylic acids is 1. The summed E-state index contributed by atoms with van der Waals surface area (Å²) in [6.45, 7) is 0. The first-order valence-corrected chi connectivity index (χ1v) is 9.22. The van der Waals surface area contributed by atoms with E-state index in [9.17, 15) is 14.9 Å². The van der Waals surface area contributed by atoms with Crippen LogP contribution in [-0.4, -0.2) is 31.8 Å². The van der Waals surface area contributed by atoms with E-state index >= 15 is 0 Å². The molecule has 3 aromatic rings. The first-order chi connectivity index (χ1) is 12.9. The van der Waals surface area contributed by atoms with E-state index in [0.717, 1.165) is 11.8 Å². The van der Waals surface area contributed by atoms with E-state index in [-0.39, 0.29) is 28.1 Å². The molecule has 8 nitrogen and oxygen atoms in total. The monoisotopic (exact) mass is 423 g/mol. The van der Waals surface area contributed by atoms with Gasteiger partial charge in [-0.2, -0.15) is 0 Å². The van der Waals surface area contributed by atoms with Gasteiger partial charge in [-0.3, -0.25) is 20.0 Å². The van der Waals surface area contributed by atoms with Crippen LogP contribution in [0, 0.1) is 10.1 Å². The van der Waals surface area contributed by atoms with E-state index < -0.39 is 4.92 Å². The molecule has 3 rings (SSSR count). The zero-order chi connectivity index (χ0) is 19.4. The van der Waals surface area contributed by atoms with Crippen molar-refractivity contribution in [3.05, 3.63) is 62.6 Å². The van der Waals surface area contributed by atoms with Crippen LogP contribution >= 0.6 is 35.0 Å². The Morgan fingerprint density at radius 3 is 2.74 bits per heavy atom. The van der Waals surface area contributed by atoms with E-state index in [0.29, 0.717) is 21.6 Å². The molecule has 0 saturated carbocycles. The Balaban J connectivity index is 1.61. The van der Waals surface area contributed by atoms with Gasteiger partial charge in [0.15, 0.2) is 5.82 Å². The van der Waals surface area contributed by atoms with Gasteiger partial charge in [-0.1, -0.05) is 47.1 Å². The Morgan fingerprint density at radius 1 is 1.22 bits per heavy atom. The Hall–Kier alpha value is -2.62. The molecule has 0 bridgehead atoms. The second-order valence-electron chi connectivity index (χ2n) is 5.21. The van der Waals surface area contributed by atoms with Crippen molar-refractivity contribution < 1.29 is 9.72 Å². The van der Waals surface area contributed by atoms with Crippen molar-refractivity contribution in [2.75, 3.05) is 11.1 Å². The molecule has 138 valence electrons. The van der Waals surface area contributed by atoms with Crippen LogP contribution in [0.5, 0.6) is 0 Å². The normalized spacial score (nSPS) is 10.6. The molecule has 27 heavy (non-hydrogen) atoms.